The fourth-order valence-electron chi connectivity index (χ4n) is 9.99. The van der Waals surface area contributed by atoms with Gasteiger partial charge in [0.1, 0.15) is 0 Å². The van der Waals surface area contributed by atoms with Crippen LogP contribution in [0.3, 0.4) is 0 Å². The molecule has 1 amide bonds. The standard InChI is InChI=1S/C57H110N2O6/c1-5-9-13-17-19-26-38-52(36-24-15-11-7-3)50-64-56(62)42-30-22-32-45-58(47-34-35-48-59(55(61)44-49-60)54-40-28-21-29-41-54)46-33-23-31-43-57(63)65-51-53(37-25-16-12-8-4)39-27-20-18-14-10-6-2/h52-54,60H,5-51H2,1-4H3. The first-order chi connectivity index (χ1) is 31.9. The summed E-state index contributed by atoms with van der Waals surface area (Å²) < 4.78 is 11.8. The van der Waals surface area contributed by atoms with Gasteiger partial charge in [-0.2, -0.15) is 0 Å². The van der Waals surface area contributed by atoms with Crippen molar-refractivity contribution in [3.63, 3.8) is 0 Å². The van der Waals surface area contributed by atoms with Crippen LogP contribution in [0, 0.1) is 11.8 Å². The summed E-state index contributed by atoms with van der Waals surface area (Å²) in [4.78, 5) is 43.4. The van der Waals surface area contributed by atoms with Gasteiger partial charge >= 0.3 is 11.9 Å². The van der Waals surface area contributed by atoms with Gasteiger partial charge in [0.25, 0.3) is 0 Å². The summed E-state index contributed by atoms with van der Waals surface area (Å²) in [6.07, 6.45) is 45.5. The summed E-state index contributed by atoms with van der Waals surface area (Å²) in [5.41, 5.74) is 0. The summed E-state index contributed by atoms with van der Waals surface area (Å²) in [6.45, 7) is 13.9. The van der Waals surface area contributed by atoms with Crippen LogP contribution >= 0.6 is 0 Å². The van der Waals surface area contributed by atoms with Gasteiger partial charge in [0.15, 0.2) is 0 Å². The Bertz CT molecular complexity index is 1010. The van der Waals surface area contributed by atoms with E-state index in [4.69, 9.17) is 9.47 Å². The molecular weight excluding hydrogens is 809 g/mol. The van der Waals surface area contributed by atoms with Gasteiger partial charge < -0.3 is 24.4 Å². The van der Waals surface area contributed by atoms with Crippen molar-refractivity contribution in [3.05, 3.63) is 0 Å². The number of ether oxygens (including phenoxy) is 2. The van der Waals surface area contributed by atoms with Crippen molar-refractivity contribution >= 4 is 17.8 Å². The van der Waals surface area contributed by atoms with E-state index in [1.807, 2.05) is 0 Å². The Morgan fingerprint density at radius 3 is 1.22 bits per heavy atom. The maximum absolute atomic E-state index is 13.0. The van der Waals surface area contributed by atoms with Gasteiger partial charge in [-0.15, -0.1) is 0 Å². The summed E-state index contributed by atoms with van der Waals surface area (Å²) in [5, 5.41) is 9.52. The molecule has 0 aromatic rings. The third kappa shape index (κ3) is 37.0. The second kappa shape index (κ2) is 46.1. The normalized spacial score (nSPS) is 14.2. The molecule has 1 aliphatic carbocycles. The molecule has 0 bridgehead atoms. The average molecular weight is 920 g/mol. The smallest absolute Gasteiger partial charge is 0.305 e. The van der Waals surface area contributed by atoms with Crippen molar-refractivity contribution in [2.75, 3.05) is 46.0 Å². The molecule has 0 saturated heterocycles. The van der Waals surface area contributed by atoms with Crippen LogP contribution in [-0.2, 0) is 23.9 Å². The molecule has 8 nitrogen and oxygen atoms in total. The van der Waals surface area contributed by atoms with Gasteiger partial charge in [-0.05, 0) is 109 Å². The highest BCUT2D eigenvalue weighted by Crippen LogP contribution is 2.25. The van der Waals surface area contributed by atoms with Gasteiger partial charge in [-0.25, -0.2) is 0 Å². The minimum Gasteiger partial charge on any atom is -0.465 e. The van der Waals surface area contributed by atoms with Crippen LogP contribution in [0.25, 0.3) is 0 Å². The molecule has 65 heavy (non-hydrogen) atoms. The maximum Gasteiger partial charge on any atom is 0.305 e. The first-order valence-corrected chi connectivity index (χ1v) is 28.8. The van der Waals surface area contributed by atoms with E-state index in [0.29, 0.717) is 43.9 Å². The number of carbonyl (C=O) groups is 3. The summed E-state index contributed by atoms with van der Waals surface area (Å²) in [7, 11) is 0. The van der Waals surface area contributed by atoms with Crippen molar-refractivity contribution < 1.29 is 29.0 Å². The Hall–Kier alpha value is -1.67. The number of aliphatic hydroxyl groups is 1. The van der Waals surface area contributed by atoms with E-state index < -0.39 is 0 Å². The zero-order chi connectivity index (χ0) is 47.3. The number of esters is 2. The average Bonchev–Trinajstić information content (AvgIpc) is 3.31. The fraction of sp³-hybridized carbons (Fsp3) is 0.947. The van der Waals surface area contributed by atoms with E-state index in [2.05, 4.69) is 37.5 Å². The van der Waals surface area contributed by atoms with Gasteiger partial charge in [-0.3, -0.25) is 14.4 Å². The van der Waals surface area contributed by atoms with Gasteiger partial charge in [0.2, 0.25) is 5.91 Å². The Labute approximate surface area is 403 Å². The predicted octanol–water partition coefficient (Wildman–Crippen LogP) is 15.5. The lowest BCUT2D eigenvalue weighted by molar-refractivity contribution is -0.146. The number of hydrogen-bond donors (Lipinski definition) is 1. The molecule has 1 rings (SSSR count). The second-order valence-electron chi connectivity index (χ2n) is 20.4. The largest absolute Gasteiger partial charge is 0.465 e. The minimum atomic E-state index is -0.0803. The molecule has 1 aliphatic rings. The first kappa shape index (κ1) is 61.3. The predicted molar refractivity (Wildman–Crippen MR) is 275 cm³/mol. The molecule has 8 heteroatoms. The zero-order valence-electron chi connectivity index (χ0n) is 43.8. The lowest BCUT2D eigenvalue weighted by Crippen LogP contribution is -2.42. The molecule has 2 unspecified atom stereocenters. The first-order valence-electron chi connectivity index (χ1n) is 28.8. The van der Waals surface area contributed by atoms with Crippen LogP contribution in [0.1, 0.15) is 285 Å². The number of aliphatic hydroxyl groups excluding tert-OH is 1. The molecule has 0 aromatic heterocycles. The van der Waals surface area contributed by atoms with E-state index in [-0.39, 0.29) is 30.9 Å². The number of rotatable bonds is 48. The lowest BCUT2D eigenvalue weighted by Gasteiger charge is -2.34. The van der Waals surface area contributed by atoms with Crippen molar-refractivity contribution in [1.82, 2.24) is 9.80 Å². The van der Waals surface area contributed by atoms with Gasteiger partial charge in [0, 0.05) is 31.8 Å². The topological polar surface area (TPSA) is 96.4 Å². The second-order valence-corrected chi connectivity index (χ2v) is 20.4. The van der Waals surface area contributed by atoms with Gasteiger partial charge in [-0.1, -0.05) is 188 Å². The molecule has 384 valence electrons. The van der Waals surface area contributed by atoms with Crippen molar-refractivity contribution in [2.24, 2.45) is 11.8 Å². The fourth-order valence-corrected chi connectivity index (χ4v) is 9.99. The Morgan fingerprint density at radius 1 is 0.446 bits per heavy atom. The van der Waals surface area contributed by atoms with Crippen LogP contribution in [0.15, 0.2) is 0 Å². The molecule has 2 atom stereocenters. The van der Waals surface area contributed by atoms with Gasteiger partial charge in [0.05, 0.1) is 19.8 Å². The van der Waals surface area contributed by atoms with Crippen LogP contribution in [0.2, 0.25) is 0 Å². The highest BCUT2D eigenvalue weighted by molar-refractivity contribution is 5.76. The van der Waals surface area contributed by atoms with Crippen LogP contribution < -0.4 is 0 Å². The molecule has 0 radical (unpaired) electrons. The Morgan fingerprint density at radius 2 is 0.800 bits per heavy atom. The number of hydrogen-bond acceptors (Lipinski definition) is 7. The SMILES string of the molecule is CCCCCCCCC(CCCCCC)COC(=O)CCCCCN(CCCCCC(=O)OCC(CCCCCC)CCCCCCCC)CCCCN(C(=O)CCO)C1CCCCC1. The van der Waals surface area contributed by atoms with Crippen LogP contribution in [0.5, 0.6) is 0 Å². The quantitative estimate of drug-likeness (QED) is 0.0480. The van der Waals surface area contributed by atoms with Crippen molar-refractivity contribution in [1.29, 1.82) is 0 Å². The zero-order valence-corrected chi connectivity index (χ0v) is 43.8. The monoisotopic (exact) mass is 919 g/mol. The van der Waals surface area contributed by atoms with E-state index in [1.54, 1.807) is 0 Å². The highest BCUT2D eigenvalue weighted by atomic mass is 16.5. The molecule has 0 aromatic carbocycles. The molecule has 0 spiro atoms. The molecule has 1 fully saturated rings. The molecular formula is C57H110N2O6. The number of carbonyl (C=O) groups excluding carboxylic acids is 3. The molecule has 1 N–H and O–H groups in total. The summed E-state index contributed by atoms with van der Waals surface area (Å²) >= 11 is 0. The van der Waals surface area contributed by atoms with Crippen molar-refractivity contribution in [2.45, 2.75) is 291 Å². The van der Waals surface area contributed by atoms with E-state index in [9.17, 15) is 19.5 Å². The number of nitrogens with zero attached hydrogens (tertiary/aromatic N) is 2. The van der Waals surface area contributed by atoms with Crippen LogP contribution in [-0.4, -0.2) is 84.8 Å². The third-order valence-corrected chi connectivity index (χ3v) is 14.3. The lowest BCUT2D eigenvalue weighted by atomic mass is 9.93. The maximum atomic E-state index is 13.0. The Kier molecular flexibility index (Phi) is 43.5. The third-order valence-electron chi connectivity index (χ3n) is 14.3. The highest BCUT2D eigenvalue weighted by Gasteiger charge is 2.25. The van der Waals surface area contributed by atoms with Crippen LogP contribution in [0.4, 0.5) is 0 Å². The number of unbranched alkanes of at least 4 members (excludes halogenated alkanes) is 21. The van der Waals surface area contributed by atoms with E-state index >= 15 is 0 Å². The molecule has 1 saturated carbocycles. The Balaban J connectivity index is 2.61. The number of amides is 1. The minimum absolute atomic E-state index is 0.0274. The van der Waals surface area contributed by atoms with E-state index in [1.165, 1.54) is 173 Å². The van der Waals surface area contributed by atoms with Crippen molar-refractivity contribution in [3.8, 4) is 0 Å². The van der Waals surface area contributed by atoms with E-state index in [0.717, 1.165) is 90.4 Å². The summed E-state index contributed by atoms with van der Waals surface area (Å²) in [5.74, 6) is 1.05. The summed E-state index contributed by atoms with van der Waals surface area (Å²) in [6, 6.07) is 0.325. The molecule has 0 heterocycles. The molecule has 0 aliphatic heterocycles.